The average molecular weight is 225 g/mol. The molecule has 1 aliphatic rings. The van der Waals surface area contributed by atoms with Crippen molar-refractivity contribution in [2.24, 2.45) is 10.9 Å². The van der Waals surface area contributed by atoms with Crippen LogP contribution in [0, 0.1) is 5.92 Å². The van der Waals surface area contributed by atoms with Gasteiger partial charge >= 0.3 is 11.9 Å². The van der Waals surface area contributed by atoms with Gasteiger partial charge in [-0.25, -0.2) is 14.6 Å². The quantitative estimate of drug-likeness (QED) is 0.530. The van der Waals surface area contributed by atoms with Crippen molar-refractivity contribution >= 4 is 17.8 Å². The summed E-state index contributed by atoms with van der Waals surface area (Å²) in [5.74, 6) is -0.818. The fourth-order valence-corrected chi connectivity index (χ4v) is 1.11. The lowest BCUT2D eigenvalue weighted by Gasteiger charge is -2.09. The van der Waals surface area contributed by atoms with E-state index in [0.717, 1.165) is 6.08 Å². The van der Waals surface area contributed by atoms with Gasteiger partial charge in [0.15, 0.2) is 5.54 Å². The number of hydrogen-bond acceptors (Lipinski definition) is 5. The first-order chi connectivity index (χ1) is 7.36. The van der Waals surface area contributed by atoms with Gasteiger partial charge in [0.2, 0.25) is 5.90 Å². The third-order valence-electron chi connectivity index (χ3n) is 2.15. The van der Waals surface area contributed by atoms with Gasteiger partial charge in [-0.3, -0.25) is 0 Å². The summed E-state index contributed by atoms with van der Waals surface area (Å²) in [4.78, 5) is 26.3. The molecule has 0 aromatic carbocycles. The molecule has 1 aliphatic heterocycles. The largest absolute Gasteiger partial charge is 0.462 e. The molecule has 1 atom stereocenters. The molecule has 0 saturated heterocycles. The predicted molar refractivity (Wildman–Crippen MR) is 57.9 cm³/mol. The molecule has 0 aliphatic carbocycles. The van der Waals surface area contributed by atoms with E-state index in [2.05, 4.69) is 11.6 Å². The van der Waals surface area contributed by atoms with Gasteiger partial charge in [-0.1, -0.05) is 13.5 Å². The molecule has 1 unspecified atom stereocenters. The van der Waals surface area contributed by atoms with Gasteiger partial charge in [-0.15, -0.1) is 0 Å². The third kappa shape index (κ3) is 2.68. The lowest BCUT2D eigenvalue weighted by molar-refractivity contribution is -0.138. The van der Waals surface area contributed by atoms with Gasteiger partial charge in [-0.2, -0.15) is 0 Å². The number of cyclic esters (lactones) is 1. The van der Waals surface area contributed by atoms with E-state index in [-0.39, 0.29) is 18.5 Å². The summed E-state index contributed by atoms with van der Waals surface area (Å²) >= 11 is 0. The lowest BCUT2D eigenvalue weighted by Crippen LogP contribution is -2.25. The maximum absolute atomic E-state index is 11.3. The van der Waals surface area contributed by atoms with Crippen molar-refractivity contribution in [2.75, 3.05) is 6.61 Å². The van der Waals surface area contributed by atoms with Gasteiger partial charge in [0, 0.05) is 6.08 Å². The van der Waals surface area contributed by atoms with Crippen molar-refractivity contribution < 1.29 is 19.1 Å². The molecule has 0 N–H and O–H groups in total. The van der Waals surface area contributed by atoms with Crippen molar-refractivity contribution in [1.29, 1.82) is 0 Å². The molecule has 0 fully saturated rings. The highest BCUT2D eigenvalue weighted by Gasteiger charge is 2.38. The second-order valence-electron chi connectivity index (χ2n) is 4.13. The SMILES string of the molecule is C=CC(=O)OCC(C)C1=NC(C)(C)C(=O)O1. The van der Waals surface area contributed by atoms with E-state index in [4.69, 9.17) is 9.47 Å². The van der Waals surface area contributed by atoms with Gasteiger partial charge in [-0.05, 0) is 13.8 Å². The number of esters is 2. The molecule has 0 bridgehead atoms. The fraction of sp³-hybridized carbons (Fsp3) is 0.545. The molecular formula is C11H15NO4. The minimum atomic E-state index is -0.841. The summed E-state index contributed by atoms with van der Waals surface area (Å²) < 4.78 is 9.84. The highest BCUT2D eigenvalue weighted by Crippen LogP contribution is 2.22. The van der Waals surface area contributed by atoms with Crippen molar-refractivity contribution in [3.8, 4) is 0 Å². The number of carbonyl (C=O) groups excluding carboxylic acids is 2. The number of carbonyl (C=O) groups is 2. The molecule has 0 amide bonds. The average Bonchev–Trinajstić information content (AvgIpc) is 2.49. The van der Waals surface area contributed by atoms with Crippen LogP contribution in [0.15, 0.2) is 17.6 Å². The van der Waals surface area contributed by atoms with Crippen LogP contribution in [0.25, 0.3) is 0 Å². The number of rotatable bonds is 4. The molecular weight excluding hydrogens is 210 g/mol. The van der Waals surface area contributed by atoms with E-state index < -0.39 is 11.5 Å². The molecule has 1 rings (SSSR count). The zero-order chi connectivity index (χ0) is 12.3. The maximum atomic E-state index is 11.3. The van der Waals surface area contributed by atoms with Crippen LogP contribution in [-0.2, 0) is 19.1 Å². The van der Waals surface area contributed by atoms with Crippen LogP contribution in [0.2, 0.25) is 0 Å². The molecule has 0 saturated carbocycles. The van der Waals surface area contributed by atoms with Crippen LogP contribution < -0.4 is 0 Å². The Morgan fingerprint density at radius 1 is 1.69 bits per heavy atom. The van der Waals surface area contributed by atoms with Crippen LogP contribution >= 0.6 is 0 Å². The molecule has 5 nitrogen and oxygen atoms in total. The molecule has 0 spiro atoms. The third-order valence-corrected chi connectivity index (χ3v) is 2.15. The molecule has 0 radical (unpaired) electrons. The smallest absolute Gasteiger partial charge is 0.340 e. The van der Waals surface area contributed by atoms with E-state index >= 15 is 0 Å². The second kappa shape index (κ2) is 4.47. The fourth-order valence-electron chi connectivity index (χ4n) is 1.11. The first-order valence-corrected chi connectivity index (χ1v) is 4.98. The normalized spacial score (nSPS) is 19.7. The molecule has 88 valence electrons. The Morgan fingerprint density at radius 2 is 2.31 bits per heavy atom. The van der Waals surface area contributed by atoms with Crippen molar-refractivity contribution in [3.63, 3.8) is 0 Å². The first kappa shape index (κ1) is 12.4. The summed E-state index contributed by atoms with van der Waals surface area (Å²) in [7, 11) is 0. The molecule has 5 heteroatoms. The Bertz CT molecular complexity index is 357. The maximum Gasteiger partial charge on any atom is 0.340 e. The summed E-state index contributed by atoms with van der Waals surface area (Å²) in [5, 5.41) is 0. The van der Waals surface area contributed by atoms with Crippen molar-refractivity contribution in [1.82, 2.24) is 0 Å². The Morgan fingerprint density at radius 3 is 2.75 bits per heavy atom. The second-order valence-corrected chi connectivity index (χ2v) is 4.13. The lowest BCUT2D eigenvalue weighted by atomic mass is 10.1. The highest BCUT2D eigenvalue weighted by atomic mass is 16.6. The van der Waals surface area contributed by atoms with E-state index in [1.807, 2.05) is 0 Å². The van der Waals surface area contributed by atoms with E-state index in [9.17, 15) is 9.59 Å². The van der Waals surface area contributed by atoms with Crippen LogP contribution in [0.3, 0.4) is 0 Å². The highest BCUT2D eigenvalue weighted by molar-refractivity contribution is 6.00. The Labute approximate surface area is 94.1 Å². The number of aliphatic imine (C=N–C) groups is 1. The summed E-state index contributed by atoms with van der Waals surface area (Å²) in [6.45, 7) is 8.51. The summed E-state index contributed by atoms with van der Waals surface area (Å²) in [6.07, 6.45) is 1.08. The zero-order valence-corrected chi connectivity index (χ0v) is 9.65. The minimum absolute atomic E-state index is 0.118. The molecule has 0 aromatic rings. The number of nitrogens with zero attached hydrogens (tertiary/aromatic N) is 1. The predicted octanol–water partition coefficient (Wildman–Crippen LogP) is 1.09. The molecule has 0 aromatic heterocycles. The topological polar surface area (TPSA) is 65.0 Å². The van der Waals surface area contributed by atoms with Gasteiger partial charge in [0.1, 0.15) is 6.61 Å². The van der Waals surface area contributed by atoms with Crippen LogP contribution in [0.1, 0.15) is 20.8 Å². The van der Waals surface area contributed by atoms with Gasteiger partial charge in [0.05, 0.1) is 5.92 Å². The summed E-state index contributed by atoms with van der Waals surface area (Å²) in [5.41, 5.74) is -0.841. The molecule has 1 heterocycles. The van der Waals surface area contributed by atoms with Crippen molar-refractivity contribution in [2.45, 2.75) is 26.3 Å². The Balaban J connectivity index is 2.57. The van der Waals surface area contributed by atoms with Gasteiger partial charge in [0.25, 0.3) is 0 Å². The number of hydrogen-bond donors (Lipinski definition) is 0. The van der Waals surface area contributed by atoms with Gasteiger partial charge < -0.3 is 9.47 Å². The number of ether oxygens (including phenoxy) is 2. The van der Waals surface area contributed by atoms with E-state index in [1.54, 1.807) is 20.8 Å². The Kier molecular flexibility index (Phi) is 3.47. The standard InChI is InChI=1S/C11H15NO4/c1-5-8(13)15-6-7(2)9-12-11(3,4)10(14)16-9/h5,7H,1,6H2,2-4H3. The monoisotopic (exact) mass is 225 g/mol. The van der Waals surface area contributed by atoms with Crippen LogP contribution in [0.4, 0.5) is 0 Å². The van der Waals surface area contributed by atoms with Crippen LogP contribution in [0.5, 0.6) is 0 Å². The summed E-state index contributed by atoms with van der Waals surface area (Å²) in [6, 6.07) is 0. The zero-order valence-electron chi connectivity index (χ0n) is 9.65. The minimum Gasteiger partial charge on any atom is -0.462 e. The van der Waals surface area contributed by atoms with E-state index in [1.165, 1.54) is 0 Å². The first-order valence-electron chi connectivity index (χ1n) is 4.98. The van der Waals surface area contributed by atoms with E-state index in [0.29, 0.717) is 5.90 Å². The Hall–Kier alpha value is -1.65. The molecule has 16 heavy (non-hydrogen) atoms. The van der Waals surface area contributed by atoms with Crippen molar-refractivity contribution in [3.05, 3.63) is 12.7 Å². The van der Waals surface area contributed by atoms with Crippen LogP contribution in [-0.4, -0.2) is 30.0 Å².